The summed E-state index contributed by atoms with van der Waals surface area (Å²) in [5.41, 5.74) is 2.07. The molecule has 0 radical (unpaired) electrons. The van der Waals surface area contributed by atoms with Crippen molar-refractivity contribution in [2.75, 3.05) is 43.4 Å². The molecular formula is C21H25N3OS2. The van der Waals surface area contributed by atoms with Gasteiger partial charge in [0.15, 0.2) is 0 Å². The molecule has 0 aliphatic carbocycles. The zero-order valence-electron chi connectivity index (χ0n) is 15.9. The summed E-state index contributed by atoms with van der Waals surface area (Å²) in [5, 5.41) is 3.40. The molecule has 4 nitrogen and oxygen atoms in total. The summed E-state index contributed by atoms with van der Waals surface area (Å²) in [6.07, 6.45) is 0. The first-order valence-electron chi connectivity index (χ1n) is 9.54. The Kier molecular flexibility index (Phi) is 5.68. The average molecular weight is 400 g/mol. The molecule has 6 heteroatoms. The number of hydrogen-bond acceptors (Lipinski definition) is 5. The summed E-state index contributed by atoms with van der Waals surface area (Å²) >= 11 is 1.77. The van der Waals surface area contributed by atoms with Crippen molar-refractivity contribution in [3.05, 3.63) is 41.8 Å². The van der Waals surface area contributed by atoms with Crippen molar-refractivity contribution in [2.45, 2.75) is 18.7 Å². The predicted molar refractivity (Wildman–Crippen MR) is 116 cm³/mol. The Morgan fingerprint density at radius 2 is 1.81 bits per heavy atom. The van der Waals surface area contributed by atoms with Crippen LogP contribution < -0.4 is 4.90 Å². The Balaban J connectivity index is 1.70. The number of piperazine rings is 1. The fraction of sp³-hybridized carbons (Fsp3) is 0.381. The van der Waals surface area contributed by atoms with Crippen molar-refractivity contribution in [1.29, 1.82) is 0 Å². The summed E-state index contributed by atoms with van der Waals surface area (Å²) in [4.78, 5) is 10.8. The predicted octanol–water partition coefficient (Wildman–Crippen LogP) is 4.45. The molecule has 0 N–H and O–H groups in total. The molecule has 0 saturated carbocycles. The van der Waals surface area contributed by atoms with E-state index in [4.69, 9.17) is 4.98 Å². The molecule has 1 saturated heterocycles. The van der Waals surface area contributed by atoms with Gasteiger partial charge in [0, 0.05) is 0 Å². The van der Waals surface area contributed by atoms with Crippen LogP contribution in [0.4, 0.5) is 5.82 Å². The maximum atomic E-state index is 12.0. The van der Waals surface area contributed by atoms with Crippen LogP contribution in [0.5, 0.6) is 0 Å². The second-order valence-corrected chi connectivity index (χ2v) is 9.41. The molecule has 3 heterocycles. The SMILES string of the molecule is CCN1CCN(c2nc(-c3ccc([S-](#[O+])CC)cc3)cc3ccsc23)CC1. The normalized spacial score (nSPS) is 15.7. The fourth-order valence-corrected chi connectivity index (χ4v) is 5.21. The van der Waals surface area contributed by atoms with Gasteiger partial charge in [0.05, 0.1) is 0 Å². The van der Waals surface area contributed by atoms with Gasteiger partial charge in [-0.05, 0) is 6.54 Å². The van der Waals surface area contributed by atoms with Crippen molar-refractivity contribution in [3.8, 4) is 11.3 Å². The molecule has 0 unspecified atom stereocenters. The van der Waals surface area contributed by atoms with Crippen LogP contribution in [0.2, 0.25) is 0 Å². The Labute approximate surface area is 167 Å². The number of aromatic nitrogens is 1. The van der Waals surface area contributed by atoms with E-state index in [2.05, 4.69) is 34.2 Å². The maximum absolute atomic E-state index is 12.0. The van der Waals surface area contributed by atoms with E-state index in [0.717, 1.165) is 54.7 Å². The topological polar surface area (TPSA) is 39.3 Å². The van der Waals surface area contributed by atoms with Crippen LogP contribution in [-0.4, -0.2) is 48.4 Å². The van der Waals surface area contributed by atoms with E-state index in [-0.39, 0.29) is 0 Å². The number of pyridine rings is 1. The van der Waals surface area contributed by atoms with Crippen LogP contribution in [0.1, 0.15) is 13.8 Å². The molecule has 1 fully saturated rings. The van der Waals surface area contributed by atoms with Gasteiger partial charge in [0.25, 0.3) is 0 Å². The van der Waals surface area contributed by atoms with Gasteiger partial charge in [0.2, 0.25) is 0 Å². The van der Waals surface area contributed by atoms with Crippen LogP contribution in [0, 0.1) is 0 Å². The van der Waals surface area contributed by atoms with Crippen molar-refractivity contribution in [2.24, 2.45) is 0 Å². The van der Waals surface area contributed by atoms with E-state index < -0.39 is 10.6 Å². The fourth-order valence-electron chi connectivity index (χ4n) is 3.54. The quantitative estimate of drug-likeness (QED) is 0.483. The van der Waals surface area contributed by atoms with E-state index >= 15 is 0 Å². The molecule has 1 aliphatic rings. The Morgan fingerprint density at radius 1 is 1.07 bits per heavy atom. The number of thiophene rings is 1. The van der Waals surface area contributed by atoms with E-state index in [1.54, 1.807) is 11.3 Å². The standard InChI is InChI=1S/C21H25N3OS2/c1-3-23-10-12-24(13-11-23)21-20-17(9-14-26-20)15-19(22-21)16-5-7-18(8-6-16)27(25)4-2/h5-9,14-15H,3-4,10-13H2,1-2H3. The molecule has 0 atom stereocenters. The molecule has 0 bridgehead atoms. The minimum absolute atomic E-state index is 0.645. The number of likely N-dealkylation sites (N-methyl/N-ethyl adjacent to an activating group) is 1. The van der Waals surface area contributed by atoms with Crippen molar-refractivity contribution >= 4 is 37.9 Å². The minimum atomic E-state index is -0.915. The van der Waals surface area contributed by atoms with Crippen LogP contribution in [0.15, 0.2) is 46.7 Å². The molecule has 1 aliphatic heterocycles. The molecule has 1 aromatic carbocycles. The third-order valence-electron chi connectivity index (χ3n) is 5.21. The third-order valence-corrected chi connectivity index (χ3v) is 7.46. The number of anilines is 1. The molecule has 0 spiro atoms. The Hall–Kier alpha value is -1.60. The van der Waals surface area contributed by atoms with Crippen LogP contribution in [0.25, 0.3) is 21.3 Å². The molecule has 3 aromatic rings. The van der Waals surface area contributed by atoms with Crippen molar-refractivity contribution in [3.63, 3.8) is 0 Å². The summed E-state index contributed by atoms with van der Waals surface area (Å²) < 4.78 is 13.3. The number of benzene rings is 1. The van der Waals surface area contributed by atoms with Crippen molar-refractivity contribution in [1.82, 2.24) is 9.88 Å². The molecular weight excluding hydrogens is 374 g/mol. The van der Waals surface area contributed by atoms with Gasteiger partial charge < -0.3 is 0 Å². The van der Waals surface area contributed by atoms with Gasteiger partial charge >= 0.3 is 153 Å². The molecule has 142 valence electrons. The first-order chi connectivity index (χ1) is 13.2. The molecule has 27 heavy (non-hydrogen) atoms. The summed E-state index contributed by atoms with van der Waals surface area (Å²) in [7, 11) is -0.915. The van der Waals surface area contributed by atoms with Gasteiger partial charge in [-0.3, -0.25) is 0 Å². The first-order valence-corrected chi connectivity index (χ1v) is 11.7. The van der Waals surface area contributed by atoms with Crippen LogP contribution in [0.3, 0.4) is 0 Å². The zero-order valence-corrected chi connectivity index (χ0v) is 17.5. The van der Waals surface area contributed by atoms with Crippen LogP contribution in [-0.2, 0) is 14.7 Å². The molecule has 0 amide bonds. The van der Waals surface area contributed by atoms with Crippen molar-refractivity contribution < 1.29 is 4.04 Å². The third kappa shape index (κ3) is 3.85. The summed E-state index contributed by atoms with van der Waals surface area (Å²) in [6.45, 7) is 9.50. The number of hydrogen-bond donors (Lipinski definition) is 0. The molecule has 4 rings (SSSR count). The number of rotatable bonds is 3. The zero-order chi connectivity index (χ0) is 18.8. The molecule has 2 aromatic heterocycles. The number of nitrogens with zero attached hydrogens (tertiary/aromatic N) is 3. The van der Waals surface area contributed by atoms with Gasteiger partial charge in [0.1, 0.15) is 0 Å². The second-order valence-electron chi connectivity index (χ2n) is 6.75. The summed E-state index contributed by atoms with van der Waals surface area (Å²) in [5.74, 6) is 1.75. The summed E-state index contributed by atoms with van der Waals surface area (Å²) in [6, 6.07) is 12.4. The van der Waals surface area contributed by atoms with E-state index in [0.29, 0.717) is 5.75 Å². The van der Waals surface area contributed by atoms with Gasteiger partial charge in [-0.25, -0.2) is 0 Å². The van der Waals surface area contributed by atoms with E-state index in [1.807, 2.05) is 31.2 Å². The monoisotopic (exact) mass is 399 g/mol. The number of fused-ring (bicyclic) bond motifs is 1. The van der Waals surface area contributed by atoms with Gasteiger partial charge in [-0.1, -0.05) is 6.92 Å². The first kappa shape index (κ1) is 18.7. The van der Waals surface area contributed by atoms with Crippen LogP contribution >= 0.6 is 11.3 Å². The van der Waals surface area contributed by atoms with Gasteiger partial charge in [-0.15, -0.1) is 0 Å². The Morgan fingerprint density at radius 3 is 2.48 bits per heavy atom. The second kappa shape index (κ2) is 8.19. The average Bonchev–Trinajstić information content (AvgIpc) is 3.21. The van der Waals surface area contributed by atoms with E-state index in [1.165, 1.54) is 10.1 Å². The Bertz CT molecular complexity index is 996. The van der Waals surface area contributed by atoms with E-state index in [9.17, 15) is 4.04 Å². The van der Waals surface area contributed by atoms with Gasteiger partial charge in [-0.2, -0.15) is 0 Å².